The topological polar surface area (TPSA) is 44.1 Å². The first-order valence-electron chi connectivity index (χ1n) is 4.32. The highest BCUT2D eigenvalue weighted by atomic mass is 79.9. The molecule has 4 nitrogen and oxygen atoms in total. The van der Waals surface area contributed by atoms with Crippen LogP contribution < -0.4 is 0 Å². The van der Waals surface area contributed by atoms with Crippen molar-refractivity contribution in [2.24, 2.45) is 7.05 Å². The van der Waals surface area contributed by atoms with E-state index in [1.807, 2.05) is 17.8 Å². The Balaban J connectivity index is 2.65. The summed E-state index contributed by atoms with van der Waals surface area (Å²) < 4.78 is 7.50. The molecule has 15 heavy (non-hydrogen) atoms. The lowest BCUT2D eigenvalue weighted by atomic mass is 10.3. The molecular weight excluding hydrogens is 260 g/mol. The molecule has 0 unspecified atom stereocenters. The number of hydrogen-bond donors (Lipinski definition) is 0. The number of nitrogens with zero attached hydrogens (tertiary/aromatic N) is 2. The van der Waals surface area contributed by atoms with Crippen molar-refractivity contribution >= 4 is 32.8 Å². The summed E-state index contributed by atoms with van der Waals surface area (Å²) in [6.07, 6.45) is 3.58. The van der Waals surface area contributed by atoms with Gasteiger partial charge in [0.15, 0.2) is 0 Å². The molecule has 0 fully saturated rings. The molecule has 0 saturated carbocycles. The molecule has 0 radical (unpaired) electrons. The Bertz CT molecular complexity index is 533. The molecule has 0 saturated heterocycles. The van der Waals surface area contributed by atoms with Crippen LogP contribution in [0.3, 0.4) is 0 Å². The Kier molecular flexibility index (Phi) is 2.48. The van der Waals surface area contributed by atoms with Gasteiger partial charge in [-0.2, -0.15) is 0 Å². The average Bonchev–Trinajstić information content (AvgIpc) is 2.53. The predicted octanol–water partition coefficient (Wildman–Crippen LogP) is 2.12. The lowest BCUT2D eigenvalue weighted by Crippen LogP contribution is -2.03. The van der Waals surface area contributed by atoms with E-state index in [4.69, 9.17) is 0 Å². The molecule has 2 aromatic heterocycles. The number of carbonyl (C=O) groups is 1. The van der Waals surface area contributed by atoms with Gasteiger partial charge < -0.3 is 9.30 Å². The summed E-state index contributed by atoms with van der Waals surface area (Å²) in [7, 11) is 3.25. The molecule has 0 aromatic carbocycles. The molecular formula is C10H9BrN2O2. The van der Waals surface area contributed by atoms with E-state index in [-0.39, 0.29) is 0 Å². The third-order valence-corrected chi connectivity index (χ3v) is 2.85. The smallest absolute Gasteiger partial charge is 0.356 e. The number of aromatic nitrogens is 2. The zero-order valence-electron chi connectivity index (χ0n) is 8.32. The summed E-state index contributed by atoms with van der Waals surface area (Å²) in [5.74, 6) is -0.422. The van der Waals surface area contributed by atoms with Crippen molar-refractivity contribution in [3.05, 3.63) is 28.6 Å². The van der Waals surface area contributed by atoms with Crippen LogP contribution in [0.2, 0.25) is 0 Å². The lowest BCUT2D eigenvalue weighted by Gasteiger charge is -1.99. The molecule has 0 amide bonds. The summed E-state index contributed by atoms with van der Waals surface area (Å²) >= 11 is 3.42. The van der Waals surface area contributed by atoms with Crippen LogP contribution >= 0.6 is 15.9 Å². The van der Waals surface area contributed by atoms with E-state index >= 15 is 0 Å². The SMILES string of the molecule is COC(=O)c1cc2c(cn1)c(Br)cn2C. The highest BCUT2D eigenvalue weighted by Gasteiger charge is 2.11. The van der Waals surface area contributed by atoms with Gasteiger partial charge in [0.1, 0.15) is 5.69 Å². The molecule has 0 aliphatic rings. The summed E-state index contributed by atoms with van der Waals surface area (Å²) in [5, 5.41) is 0.977. The molecule has 78 valence electrons. The van der Waals surface area contributed by atoms with Crippen LogP contribution in [0.1, 0.15) is 10.5 Å². The first kappa shape index (κ1) is 10.2. The van der Waals surface area contributed by atoms with Crippen LogP contribution in [0.4, 0.5) is 0 Å². The van der Waals surface area contributed by atoms with Crippen molar-refractivity contribution in [1.82, 2.24) is 9.55 Å². The number of rotatable bonds is 1. The highest BCUT2D eigenvalue weighted by Crippen LogP contribution is 2.25. The number of carbonyl (C=O) groups excluding carboxylic acids is 1. The average molecular weight is 269 g/mol. The minimum atomic E-state index is -0.422. The molecule has 0 bridgehead atoms. The molecule has 0 aliphatic heterocycles. The van der Waals surface area contributed by atoms with Crippen molar-refractivity contribution in [2.45, 2.75) is 0 Å². The van der Waals surface area contributed by atoms with Gasteiger partial charge >= 0.3 is 5.97 Å². The summed E-state index contributed by atoms with van der Waals surface area (Å²) in [6, 6.07) is 1.71. The van der Waals surface area contributed by atoms with Crippen LogP contribution in [-0.2, 0) is 11.8 Å². The Morgan fingerprint density at radius 2 is 2.33 bits per heavy atom. The third kappa shape index (κ3) is 1.63. The number of methoxy groups -OCH3 is 1. The molecule has 2 heterocycles. The Morgan fingerprint density at radius 1 is 1.60 bits per heavy atom. The predicted molar refractivity (Wildman–Crippen MR) is 59.8 cm³/mol. The van der Waals surface area contributed by atoms with E-state index in [1.54, 1.807) is 12.3 Å². The quantitative estimate of drug-likeness (QED) is 0.745. The van der Waals surface area contributed by atoms with Crippen LogP contribution in [-0.4, -0.2) is 22.6 Å². The Hall–Kier alpha value is -1.36. The van der Waals surface area contributed by atoms with Gasteiger partial charge in [0.2, 0.25) is 0 Å². The second-order valence-corrected chi connectivity index (χ2v) is 4.02. The fraction of sp³-hybridized carbons (Fsp3) is 0.200. The van der Waals surface area contributed by atoms with E-state index in [2.05, 4.69) is 25.7 Å². The molecule has 5 heteroatoms. The molecule has 2 rings (SSSR count). The zero-order valence-corrected chi connectivity index (χ0v) is 9.91. The van der Waals surface area contributed by atoms with Gasteiger partial charge in [-0.15, -0.1) is 0 Å². The van der Waals surface area contributed by atoms with Gasteiger partial charge in [-0.25, -0.2) is 9.78 Å². The number of aryl methyl sites for hydroxylation is 1. The zero-order chi connectivity index (χ0) is 11.0. The fourth-order valence-electron chi connectivity index (χ4n) is 1.45. The fourth-order valence-corrected chi connectivity index (χ4v) is 2.06. The van der Waals surface area contributed by atoms with Crippen LogP contribution in [0, 0.1) is 0 Å². The van der Waals surface area contributed by atoms with E-state index in [9.17, 15) is 4.79 Å². The number of hydrogen-bond acceptors (Lipinski definition) is 3. The minimum absolute atomic E-state index is 0.318. The minimum Gasteiger partial charge on any atom is -0.464 e. The number of ether oxygens (including phenoxy) is 1. The third-order valence-electron chi connectivity index (χ3n) is 2.22. The molecule has 0 N–H and O–H groups in total. The van der Waals surface area contributed by atoms with Crippen molar-refractivity contribution in [3.8, 4) is 0 Å². The first-order valence-corrected chi connectivity index (χ1v) is 5.11. The largest absolute Gasteiger partial charge is 0.464 e. The highest BCUT2D eigenvalue weighted by molar-refractivity contribution is 9.10. The number of fused-ring (bicyclic) bond motifs is 1. The Morgan fingerprint density at radius 3 is 3.00 bits per heavy atom. The van der Waals surface area contributed by atoms with Crippen LogP contribution in [0.5, 0.6) is 0 Å². The summed E-state index contributed by atoms with van der Waals surface area (Å²) in [6.45, 7) is 0. The Labute approximate surface area is 95.0 Å². The van der Waals surface area contributed by atoms with Crippen LogP contribution in [0.25, 0.3) is 10.9 Å². The van der Waals surface area contributed by atoms with Gasteiger partial charge in [0, 0.05) is 29.3 Å². The monoisotopic (exact) mass is 268 g/mol. The maximum absolute atomic E-state index is 11.3. The summed E-state index contributed by atoms with van der Waals surface area (Å²) in [4.78, 5) is 15.3. The van der Waals surface area contributed by atoms with Gasteiger partial charge in [-0.3, -0.25) is 0 Å². The lowest BCUT2D eigenvalue weighted by molar-refractivity contribution is 0.0594. The number of pyridine rings is 1. The van der Waals surface area contributed by atoms with E-state index in [0.717, 1.165) is 15.4 Å². The molecule has 0 spiro atoms. The molecule has 0 atom stereocenters. The van der Waals surface area contributed by atoms with Crippen molar-refractivity contribution in [3.63, 3.8) is 0 Å². The first-order chi connectivity index (χ1) is 7.13. The maximum atomic E-state index is 11.3. The second kappa shape index (κ2) is 3.66. The number of esters is 1. The van der Waals surface area contributed by atoms with E-state index in [0.29, 0.717) is 5.69 Å². The van der Waals surface area contributed by atoms with Crippen LogP contribution in [0.15, 0.2) is 22.9 Å². The van der Waals surface area contributed by atoms with Crippen molar-refractivity contribution < 1.29 is 9.53 Å². The van der Waals surface area contributed by atoms with E-state index < -0.39 is 5.97 Å². The van der Waals surface area contributed by atoms with Gasteiger partial charge in [-0.05, 0) is 22.0 Å². The standard InChI is InChI=1S/C10H9BrN2O2/c1-13-5-7(11)6-4-12-8(3-9(6)13)10(14)15-2/h3-5H,1-2H3. The normalized spacial score (nSPS) is 10.6. The van der Waals surface area contributed by atoms with Crippen molar-refractivity contribution in [1.29, 1.82) is 0 Å². The van der Waals surface area contributed by atoms with Gasteiger partial charge in [-0.1, -0.05) is 0 Å². The maximum Gasteiger partial charge on any atom is 0.356 e. The second-order valence-electron chi connectivity index (χ2n) is 3.17. The van der Waals surface area contributed by atoms with Crippen molar-refractivity contribution in [2.75, 3.05) is 7.11 Å². The summed E-state index contributed by atoms with van der Waals surface area (Å²) in [5.41, 5.74) is 1.26. The molecule has 2 aromatic rings. The van der Waals surface area contributed by atoms with Gasteiger partial charge in [0.05, 0.1) is 12.6 Å². The number of halogens is 1. The van der Waals surface area contributed by atoms with Gasteiger partial charge in [0.25, 0.3) is 0 Å². The van der Waals surface area contributed by atoms with E-state index in [1.165, 1.54) is 7.11 Å². The molecule has 0 aliphatic carbocycles.